The van der Waals surface area contributed by atoms with Crippen LogP contribution in [0, 0.1) is 0 Å². The van der Waals surface area contributed by atoms with Gasteiger partial charge in [-0.05, 0) is 43.2 Å². The van der Waals surface area contributed by atoms with Gasteiger partial charge in [-0.3, -0.25) is 14.3 Å². The number of alkyl halides is 3. The molecule has 0 aliphatic heterocycles. The van der Waals surface area contributed by atoms with Crippen molar-refractivity contribution in [1.82, 2.24) is 19.5 Å². The van der Waals surface area contributed by atoms with Gasteiger partial charge in [-0.2, -0.15) is 13.2 Å². The van der Waals surface area contributed by atoms with Crippen molar-refractivity contribution in [3.8, 4) is 22.5 Å². The molecular formula is C25H21F3N4O2. The molecule has 0 radical (unpaired) electrons. The molecule has 0 bridgehead atoms. The minimum Gasteiger partial charge on any atom is -0.391 e. The summed E-state index contributed by atoms with van der Waals surface area (Å²) in [5.74, 6) is 0. The van der Waals surface area contributed by atoms with Crippen molar-refractivity contribution in [2.45, 2.75) is 44.0 Å². The third-order valence-corrected chi connectivity index (χ3v) is 6.26. The lowest BCUT2D eigenvalue weighted by molar-refractivity contribution is -0.137. The van der Waals surface area contributed by atoms with Crippen LogP contribution in [0.2, 0.25) is 0 Å². The number of fused-ring (bicyclic) bond motifs is 1. The van der Waals surface area contributed by atoms with Crippen LogP contribution in [0.1, 0.15) is 37.3 Å². The second-order valence-corrected chi connectivity index (χ2v) is 8.45. The summed E-state index contributed by atoms with van der Waals surface area (Å²) < 4.78 is 40.5. The molecule has 4 aromatic rings. The van der Waals surface area contributed by atoms with Gasteiger partial charge in [-0.25, -0.2) is 9.97 Å². The highest BCUT2D eigenvalue weighted by Crippen LogP contribution is 2.33. The summed E-state index contributed by atoms with van der Waals surface area (Å²) >= 11 is 0. The van der Waals surface area contributed by atoms with Crippen LogP contribution in [-0.2, 0) is 6.18 Å². The molecule has 0 saturated heterocycles. The van der Waals surface area contributed by atoms with Gasteiger partial charge < -0.3 is 5.11 Å². The van der Waals surface area contributed by atoms with Crippen LogP contribution < -0.4 is 5.56 Å². The standard InChI is InChI=1S/C25H21F3N4O2/c26-25(27,28)17-9-7-15(8-10-17)19-12-18-23(22(31-19)16-4-3-11-29-13-16)30-14-32(24(18)34)20-5-1-2-6-21(20)33/h3-4,7-14,20-21,33H,1-2,5-6H2/t20-,21+/m1/s1. The summed E-state index contributed by atoms with van der Waals surface area (Å²) in [5.41, 5.74) is 1.11. The first kappa shape index (κ1) is 22.2. The zero-order valence-electron chi connectivity index (χ0n) is 18.0. The summed E-state index contributed by atoms with van der Waals surface area (Å²) in [4.78, 5) is 26.8. The monoisotopic (exact) mass is 466 g/mol. The molecule has 1 aromatic carbocycles. The van der Waals surface area contributed by atoms with E-state index in [1.807, 2.05) is 0 Å². The first-order valence-electron chi connectivity index (χ1n) is 11.0. The van der Waals surface area contributed by atoms with Crippen molar-refractivity contribution >= 4 is 10.9 Å². The molecule has 0 unspecified atom stereocenters. The zero-order chi connectivity index (χ0) is 23.9. The highest BCUT2D eigenvalue weighted by molar-refractivity contribution is 5.93. The Labute approximate surface area is 192 Å². The predicted octanol–water partition coefficient (Wildman–Crippen LogP) is 5.02. The molecule has 1 saturated carbocycles. The van der Waals surface area contributed by atoms with E-state index in [4.69, 9.17) is 0 Å². The summed E-state index contributed by atoms with van der Waals surface area (Å²) in [7, 11) is 0. The van der Waals surface area contributed by atoms with Crippen molar-refractivity contribution in [2.24, 2.45) is 0 Å². The molecule has 9 heteroatoms. The lowest BCUT2D eigenvalue weighted by atomic mass is 9.92. The predicted molar refractivity (Wildman–Crippen MR) is 121 cm³/mol. The number of benzene rings is 1. The second kappa shape index (κ2) is 8.64. The van der Waals surface area contributed by atoms with Gasteiger partial charge in [0, 0.05) is 23.5 Å². The van der Waals surface area contributed by atoms with E-state index in [2.05, 4.69) is 15.0 Å². The van der Waals surface area contributed by atoms with Crippen molar-refractivity contribution in [3.63, 3.8) is 0 Å². The lowest BCUT2D eigenvalue weighted by Crippen LogP contribution is -2.34. The molecule has 3 heterocycles. The summed E-state index contributed by atoms with van der Waals surface area (Å²) in [6, 6.07) is 9.35. The highest BCUT2D eigenvalue weighted by Gasteiger charge is 2.30. The number of pyridine rings is 2. The van der Waals surface area contributed by atoms with E-state index in [0.29, 0.717) is 40.9 Å². The molecule has 2 atom stereocenters. The van der Waals surface area contributed by atoms with E-state index in [0.717, 1.165) is 25.0 Å². The third kappa shape index (κ3) is 4.07. The van der Waals surface area contributed by atoms with Gasteiger partial charge in [0.05, 0.1) is 40.8 Å². The van der Waals surface area contributed by atoms with Crippen LogP contribution in [0.25, 0.3) is 33.4 Å². The van der Waals surface area contributed by atoms with Gasteiger partial charge in [0.15, 0.2) is 0 Å². The molecule has 174 valence electrons. The molecule has 6 nitrogen and oxygen atoms in total. The van der Waals surface area contributed by atoms with Crippen molar-refractivity contribution < 1.29 is 18.3 Å². The molecule has 1 aliphatic rings. The molecule has 5 rings (SSSR count). The van der Waals surface area contributed by atoms with Crippen molar-refractivity contribution in [2.75, 3.05) is 0 Å². The van der Waals surface area contributed by atoms with Gasteiger partial charge in [-0.1, -0.05) is 25.0 Å². The maximum Gasteiger partial charge on any atom is 0.416 e. The van der Waals surface area contributed by atoms with Gasteiger partial charge in [-0.15, -0.1) is 0 Å². The van der Waals surface area contributed by atoms with Gasteiger partial charge in [0.25, 0.3) is 5.56 Å². The van der Waals surface area contributed by atoms with E-state index in [1.54, 1.807) is 30.6 Å². The normalized spacial score (nSPS) is 18.8. The van der Waals surface area contributed by atoms with Gasteiger partial charge in [0.2, 0.25) is 0 Å². The molecule has 34 heavy (non-hydrogen) atoms. The Morgan fingerprint density at radius 2 is 1.79 bits per heavy atom. The van der Waals surface area contributed by atoms with E-state index in [9.17, 15) is 23.1 Å². The number of hydrogen-bond acceptors (Lipinski definition) is 5. The zero-order valence-corrected chi connectivity index (χ0v) is 18.0. The van der Waals surface area contributed by atoms with Crippen LogP contribution in [0.15, 0.2) is 66.0 Å². The topological polar surface area (TPSA) is 80.9 Å². The average Bonchev–Trinajstić information content (AvgIpc) is 2.84. The molecule has 1 aliphatic carbocycles. The van der Waals surface area contributed by atoms with Crippen LogP contribution in [0.3, 0.4) is 0 Å². The van der Waals surface area contributed by atoms with E-state index in [1.165, 1.54) is 23.0 Å². The molecule has 0 amide bonds. The lowest BCUT2D eigenvalue weighted by Gasteiger charge is -2.29. The molecule has 0 spiro atoms. The number of aliphatic hydroxyl groups excluding tert-OH is 1. The van der Waals surface area contributed by atoms with E-state index < -0.39 is 17.8 Å². The third-order valence-electron chi connectivity index (χ3n) is 6.26. The smallest absolute Gasteiger partial charge is 0.391 e. The molecule has 3 aromatic heterocycles. The summed E-state index contributed by atoms with van der Waals surface area (Å²) in [6.45, 7) is 0. The fraction of sp³-hybridized carbons (Fsp3) is 0.280. The SMILES string of the molecule is O=c1c2cc(-c3ccc(C(F)(F)F)cc3)nc(-c3cccnc3)c2ncn1[C@@H]1CCCC[C@@H]1O. The van der Waals surface area contributed by atoms with Crippen LogP contribution in [0.4, 0.5) is 13.2 Å². The molecular weight excluding hydrogens is 445 g/mol. The minimum absolute atomic E-state index is 0.282. The van der Waals surface area contributed by atoms with Crippen LogP contribution in [0.5, 0.6) is 0 Å². The fourth-order valence-corrected chi connectivity index (χ4v) is 4.48. The Hall–Kier alpha value is -3.59. The summed E-state index contributed by atoms with van der Waals surface area (Å²) in [5, 5.41) is 10.8. The largest absolute Gasteiger partial charge is 0.416 e. The summed E-state index contributed by atoms with van der Waals surface area (Å²) in [6.07, 6.45) is 2.65. The Kier molecular flexibility index (Phi) is 5.65. The highest BCUT2D eigenvalue weighted by atomic mass is 19.4. The quantitative estimate of drug-likeness (QED) is 0.459. The number of rotatable bonds is 3. The first-order chi connectivity index (χ1) is 16.3. The van der Waals surface area contributed by atoms with Crippen molar-refractivity contribution in [3.05, 3.63) is 77.1 Å². The number of halogens is 3. The Morgan fingerprint density at radius 3 is 2.47 bits per heavy atom. The minimum atomic E-state index is -4.45. The maximum absolute atomic E-state index is 13.5. The van der Waals surface area contributed by atoms with E-state index >= 15 is 0 Å². The first-order valence-corrected chi connectivity index (χ1v) is 11.0. The number of hydrogen-bond donors (Lipinski definition) is 1. The Morgan fingerprint density at radius 1 is 1.03 bits per heavy atom. The average molecular weight is 466 g/mol. The number of aromatic nitrogens is 4. The number of nitrogens with zero attached hydrogens (tertiary/aromatic N) is 4. The van der Waals surface area contributed by atoms with Crippen LogP contribution in [-0.4, -0.2) is 30.7 Å². The van der Waals surface area contributed by atoms with Gasteiger partial charge in [0.1, 0.15) is 5.52 Å². The van der Waals surface area contributed by atoms with Crippen molar-refractivity contribution in [1.29, 1.82) is 0 Å². The van der Waals surface area contributed by atoms with E-state index in [-0.39, 0.29) is 17.0 Å². The van der Waals surface area contributed by atoms with Gasteiger partial charge >= 0.3 is 6.18 Å². The maximum atomic E-state index is 13.5. The fourth-order valence-electron chi connectivity index (χ4n) is 4.48. The Balaban J connectivity index is 1.71. The molecule has 1 N–H and O–H groups in total. The number of aliphatic hydroxyl groups is 1. The second-order valence-electron chi connectivity index (χ2n) is 8.45. The Bertz CT molecular complexity index is 1390. The van der Waals surface area contributed by atoms with Crippen LogP contribution >= 0.6 is 0 Å². The molecule has 1 fully saturated rings.